The number of rotatable bonds is 7. The van der Waals surface area contributed by atoms with Gasteiger partial charge in [-0.05, 0) is 102 Å². The van der Waals surface area contributed by atoms with Crippen molar-refractivity contribution in [3.63, 3.8) is 0 Å². The van der Waals surface area contributed by atoms with Crippen LogP contribution in [0.2, 0.25) is 18.1 Å². The SMILES string of the molecule is CC(C)(C)OC(=O)NC1CCC(Oc2ncnc3sc4c(c23)C[C@@H](CCO[Si](C)(C)C(C)(C)C)CC4)CC1. The van der Waals surface area contributed by atoms with Gasteiger partial charge in [-0.2, -0.15) is 0 Å². The van der Waals surface area contributed by atoms with Gasteiger partial charge in [0.2, 0.25) is 5.88 Å². The summed E-state index contributed by atoms with van der Waals surface area (Å²) >= 11 is 1.80. The smallest absolute Gasteiger partial charge is 0.407 e. The molecular formula is C29H47N3O4SSi. The molecule has 0 aromatic carbocycles. The van der Waals surface area contributed by atoms with Gasteiger partial charge in [-0.1, -0.05) is 20.8 Å². The van der Waals surface area contributed by atoms with E-state index in [1.165, 1.54) is 16.9 Å². The molecule has 2 heterocycles. The highest BCUT2D eigenvalue weighted by Crippen LogP contribution is 2.42. The average molecular weight is 562 g/mol. The van der Waals surface area contributed by atoms with Crippen LogP contribution in [-0.2, 0) is 22.0 Å². The van der Waals surface area contributed by atoms with Crippen molar-refractivity contribution in [3.8, 4) is 5.88 Å². The van der Waals surface area contributed by atoms with Crippen molar-refractivity contribution in [2.75, 3.05) is 6.61 Å². The Morgan fingerprint density at radius 3 is 2.45 bits per heavy atom. The Morgan fingerprint density at radius 2 is 1.79 bits per heavy atom. The van der Waals surface area contributed by atoms with Gasteiger partial charge in [0.05, 0.1) is 5.39 Å². The number of ether oxygens (including phenoxy) is 2. The van der Waals surface area contributed by atoms with Crippen molar-refractivity contribution in [1.82, 2.24) is 15.3 Å². The first kappa shape index (κ1) is 29.3. The van der Waals surface area contributed by atoms with E-state index in [1.54, 1.807) is 17.7 Å². The lowest BCUT2D eigenvalue weighted by Gasteiger charge is -2.36. The number of aromatic nitrogens is 2. The Hall–Kier alpha value is -1.71. The molecule has 1 saturated carbocycles. The second-order valence-electron chi connectivity index (χ2n) is 13.6. The number of amides is 1. The van der Waals surface area contributed by atoms with Gasteiger partial charge < -0.3 is 19.2 Å². The number of carbonyl (C=O) groups is 1. The number of carbonyl (C=O) groups excluding carboxylic acids is 1. The van der Waals surface area contributed by atoms with Crippen LogP contribution in [0.15, 0.2) is 6.33 Å². The van der Waals surface area contributed by atoms with Crippen LogP contribution in [-0.4, -0.2) is 48.7 Å². The molecule has 38 heavy (non-hydrogen) atoms. The molecule has 1 amide bonds. The largest absolute Gasteiger partial charge is 0.474 e. The average Bonchev–Trinajstić information content (AvgIpc) is 3.17. The lowest BCUT2D eigenvalue weighted by atomic mass is 9.85. The van der Waals surface area contributed by atoms with Gasteiger partial charge in [-0.25, -0.2) is 14.8 Å². The van der Waals surface area contributed by atoms with Gasteiger partial charge in [0, 0.05) is 17.5 Å². The molecule has 212 valence electrons. The van der Waals surface area contributed by atoms with E-state index in [4.69, 9.17) is 13.9 Å². The first-order chi connectivity index (χ1) is 17.7. The Bertz CT molecular complexity index is 1110. The number of fused-ring (bicyclic) bond motifs is 3. The van der Waals surface area contributed by atoms with E-state index in [2.05, 4.69) is 49.1 Å². The minimum absolute atomic E-state index is 0.0951. The van der Waals surface area contributed by atoms with Crippen molar-refractivity contribution in [2.24, 2.45) is 5.92 Å². The number of nitrogens with zero attached hydrogens (tertiary/aromatic N) is 2. The molecule has 0 bridgehead atoms. The summed E-state index contributed by atoms with van der Waals surface area (Å²) in [7, 11) is -1.72. The highest BCUT2D eigenvalue weighted by atomic mass is 32.1. The second-order valence-corrected chi connectivity index (χ2v) is 19.5. The maximum Gasteiger partial charge on any atom is 0.407 e. The molecule has 4 rings (SSSR count). The highest BCUT2D eigenvalue weighted by molar-refractivity contribution is 7.18. The Balaban J connectivity index is 1.36. The standard InChI is InChI=1S/C29H47N3O4SSi/c1-28(2,3)36-27(33)32-20-10-12-21(13-11-20)35-25-24-22-17-19(15-16-34-38(7,8)29(4,5)6)9-14-23(22)37-26(24)31-18-30-25/h18-21H,9-17H2,1-8H3,(H,32,33)/t19-,20?,21?/m1/s1. The zero-order valence-corrected chi connectivity index (χ0v) is 26.4. The van der Waals surface area contributed by atoms with Crippen molar-refractivity contribution in [1.29, 1.82) is 0 Å². The number of hydrogen-bond acceptors (Lipinski definition) is 7. The van der Waals surface area contributed by atoms with Crippen LogP contribution in [0.4, 0.5) is 4.79 Å². The summed E-state index contributed by atoms with van der Waals surface area (Å²) in [6.07, 6.45) is 9.35. The summed E-state index contributed by atoms with van der Waals surface area (Å²) in [5.41, 5.74) is 0.906. The fourth-order valence-corrected chi connectivity index (χ4v) is 7.38. The first-order valence-corrected chi connectivity index (χ1v) is 18.0. The summed E-state index contributed by atoms with van der Waals surface area (Å²) in [5.74, 6) is 1.35. The topological polar surface area (TPSA) is 82.6 Å². The molecule has 1 N–H and O–H groups in total. The molecule has 2 aliphatic rings. The van der Waals surface area contributed by atoms with E-state index in [9.17, 15) is 4.79 Å². The molecule has 0 spiro atoms. The molecule has 2 aromatic heterocycles. The first-order valence-electron chi connectivity index (χ1n) is 14.3. The predicted molar refractivity (Wildman–Crippen MR) is 157 cm³/mol. The highest BCUT2D eigenvalue weighted by Gasteiger charge is 2.37. The fourth-order valence-electron chi connectivity index (χ4n) is 5.14. The summed E-state index contributed by atoms with van der Waals surface area (Å²) < 4.78 is 18.4. The van der Waals surface area contributed by atoms with Crippen molar-refractivity contribution < 1.29 is 18.7 Å². The van der Waals surface area contributed by atoms with E-state index < -0.39 is 13.9 Å². The van der Waals surface area contributed by atoms with E-state index >= 15 is 0 Å². The number of alkyl carbamates (subject to hydrolysis) is 1. The minimum Gasteiger partial charge on any atom is -0.474 e. The van der Waals surface area contributed by atoms with Gasteiger partial charge in [-0.15, -0.1) is 11.3 Å². The normalized spacial score (nSPS) is 22.7. The molecule has 1 atom stereocenters. The molecule has 7 nitrogen and oxygen atoms in total. The summed E-state index contributed by atoms with van der Waals surface area (Å²) in [6.45, 7) is 18.1. The summed E-state index contributed by atoms with van der Waals surface area (Å²) in [5, 5.41) is 4.38. The van der Waals surface area contributed by atoms with Crippen LogP contribution in [0.25, 0.3) is 10.2 Å². The van der Waals surface area contributed by atoms with Crippen LogP contribution in [0.3, 0.4) is 0 Å². The number of aryl methyl sites for hydroxylation is 1. The lowest BCUT2D eigenvalue weighted by molar-refractivity contribution is 0.0470. The third-order valence-electron chi connectivity index (χ3n) is 8.38. The van der Waals surface area contributed by atoms with Crippen molar-refractivity contribution in [2.45, 2.75) is 129 Å². The van der Waals surface area contributed by atoms with E-state index in [0.29, 0.717) is 5.92 Å². The molecule has 0 radical (unpaired) electrons. The molecule has 0 unspecified atom stereocenters. The van der Waals surface area contributed by atoms with Crippen molar-refractivity contribution >= 4 is 36.0 Å². The molecule has 2 aromatic rings. The Morgan fingerprint density at radius 1 is 1.08 bits per heavy atom. The zero-order chi connectivity index (χ0) is 27.7. The van der Waals surface area contributed by atoms with Crippen LogP contribution in [0.5, 0.6) is 5.88 Å². The third kappa shape index (κ3) is 7.27. The predicted octanol–water partition coefficient (Wildman–Crippen LogP) is 7.42. The quantitative estimate of drug-likeness (QED) is 0.354. The van der Waals surface area contributed by atoms with E-state index in [-0.39, 0.29) is 23.3 Å². The van der Waals surface area contributed by atoms with E-state index in [1.807, 2.05) is 20.8 Å². The lowest BCUT2D eigenvalue weighted by Crippen LogP contribution is -2.42. The zero-order valence-electron chi connectivity index (χ0n) is 24.6. The van der Waals surface area contributed by atoms with Crippen LogP contribution in [0.1, 0.15) is 90.5 Å². The van der Waals surface area contributed by atoms with Crippen molar-refractivity contribution in [3.05, 3.63) is 16.8 Å². The monoisotopic (exact) mass is 561 g/mol. The number of nitrogens with one attached hydrogen (secondary N) is 1. The third-order valence-corrected chi connectivity index (χ3v) is 14.1. The van der Waals surface area contributed by atoms with Crippen LogP contribution < -0.4 is 10.1 Å². The molecule has 0 aliphatic heterocycles. The van der Waals surface area contributed by atoms with Gasteiger partial charge >= 0.3 is 6.09 Å². The molecule has 0 saturated heterocycles. The fraction of sp³-hybridized carbons (Fsp3) is 0.759. The second kappa shape index (κ2) is 11.4. The Kier molecular flexibility index (Phi) is 8.79. The summed E-state index contributed by atoms with van der Waals surface area (Å²) in [4.78, 5) is 23.8. The molecular weight excluding hydrogens is 514 g/mol. The van der Waals surface area contributed by atoms with Crippen LogP contribution in [0, 0.1) is 5.92 Å². The summed E-state index contributed by atoms with van der Waals surface area (Å²) in [6, 6.07) is 0.123. The minimum atomic E-state index is -1.72. The van der Waals surface area contributed by atoms with Crippen LogP contribution >= 0.6 is 11.3 Å². The number of hydrogen-bond donors (Lipinski definition) is 1. The maximum atomic E-state index is 12.2. The van der Waals surface area contributed by atoms with Gasteiger partial charge in [0.25, 0.3) is 0 Å². The van der Waals surface area contributed by atoms with Gasteiger partial charge in [-0.3, -0.25) is 0 Å². The number of thiophene rings is 1. The van der Waals surface area contributed by atoms with E-state index in [0.717, 1.165) is 67.6 Å². The van der Waals surface area contributed by atoms with Gasteiger partial charge in [0.15, 0.2) is 8.32 Å². The Labute approximate surface area is 233 Å². The molecule has 2 aliphatic carbocycles. The molecule has 1 fully saturated rings. The molecule has 9 heteroatoms. The van der Waals surface area contributed by atoms with Gasteiger partial charge in [0.1, 0.15) is 22.9 Å². The maximum absolute atomic E-state index is 12.2.